The first-order valence-electron chi connectivity index (χ1n) is 8.80. The summed E-state index contributed by atoms with van der Waals surface area (Å²) in [4.78, 5) is 26.0. The Hall–Kier alpha value is -2.93. The number of ether oxygens (including phenoxy) is 1. The van der Waals surface area contributed by atoms with Crippen molar-refractivity contribution in [3.63, 3.8) is 0 Å². The molecule has 1 saturated heterocycles. The van der Waals surface area contributed by atoms with Crippen LogP contribution in [0.2, 0.25) is 0 Å². The van der Waals surface area contributed by atoms with Gasteiger partial charge in [-0.15, -0.1) is 0 Å². The van der Waals surface area contributed by atoms with Gasteiger partial charge in [-0.2, -0.15) is 0 Å². The highest BCUT2D eigenvalue weighted by molar-refractivity contribution is 6.04. The molecule has 4 rings (SSSR count). The van der Waals surface area contributed by atoms with E-state index in [9.17, 15) is 4.79 Å². The van der Waals surface area contributed by atoms with Crippen molar-refractivity contribution in [1.82, 2.24) is 19.9 Å². The number of pyridine rings is 1. The van der Waals surface area contributed by atoms with Crippen molar-refractivity contribution in [2.45, 2.75) is 12.8 Å². The highest BCUT2D eigenvalue weighted by Crippen LogP contribution is 2.29. The second kappa shape index (κ2) is 7.13. The maximum Gasteiger partial charge on any atom is 0.250 e. The van der Waals surface area contributed by atoms with Gasteiger partial charge in [0, 0.05) is 18.9 Å². The Morgan fingerprint density at radius 1 is 1.27 bits per heavy atom. The maximum atomic E-state index is 11.6. The number of carbonyl (C=O) groups excluding carboxylic acids is 1. The van der Waals surface area contributed by atoms with E-state index in [-0.39, 0.29) is 0 Å². The molecule has 1 fully saturated rings. The van der Waals surface area contributed by atoms with Crippen molar-refractivity contribution in [3.05, 3.63) is 42.2 Å². The number of nitrogens with one attached hydrogen (secondary N) is 1. The smallest absolute Gasteiger partial charge is 0.250 e. The van der Waals surface area contributed by atoms with Crippen LogP contribution in [0.4, 0.5) is 0 Å². The third kappa shape index (κ3) is 3.25. The van der Waals surface area contributed by atoms with E-state index in [4.69, 9.17) is 10.5 Å². The van der Waals surface area contributed by atoms with Gasteiger partial charge in [-0.1, -0.05) is 6.07 Å². The van der Waals surface area contributed by atoms with Crippen molar-refractivity contribution < 1.29 is 9.53 Å². The lowest BCUT2D eigenvalue weighted by atomic mass is 10.2. The lowest BCUT2D eigenvalue weighted by Gasteiger charge is -2.15. The summed E-state index contributed by atoms with van der Waals surface area (Å²) in [6.07, 6.45) is 5.95. The molecular weight excluding hydrogens is 330 g/mol. The number of rotatable bonds is 6. The molecule has 0 aliphatic carbocycles. The fraction of sp³-hybridized carbons (Fsp3) is 0.316. The second-order valence-corrected chi connectivity index (χ2v) is 6.42. The van der Waals surface area contributed by atoms with Gasteiger partial charge in [-0.3, -0.25) is 14.7 Å². The molecule has 0 bridgehead atoms. The van der Waals surface area contributed by atoms with Crippen molar-refractivity contribution in [2.24, 2.45) is 5.73 Å². The summed E-state index contributed by atoms with van der Waals surface area (Å²) in [6.45, 7) is 3.82. The SMILES string of the molecule is NC(=O)c1cccc2[nH]c(-c3cnccc3OCCN3CCCC3)nc12. The van der Waals surface area contributed by atoms with Gasteiger partial charge in [-0.05, 0) is 44.1 Å². The Labute approximate surface area is 151 Å². The molecular formula is C19H21N5O2. The molecule has 1 aliphatic heterocycles. The number of benzene rings is 1. The van der Waals surface area contributed by atoms with Crippen LogP contribution in [-0.2, 0) is 0 Å². The first-order chi connectivity index (χ1) is 12.7. The number of nitrogens with two attached hydrogens (primary N) is 1. The molecule has 134 valence electrons. The van der Waals surface area contributed by atoms with Crippen LogP contribution in [0.25, 0.3) is 22.4 Å². The van der Waals surface area contributed by atoms with E-state index < -0.39 is 5.91 Å². The number of amides is 1. The number of primary amides is 1. The molecule has 0 radical (unpaired) electrons. The predicted molar refractivity (Wildman–Crippen MR) is 99.0 cm³/mol. The van der Waals surface area contributed by atoms with E-state index in [0.717, 1.165) is 36.5 Å². The van der Waals surface area contributed by atoms with Gasteiger partial charge in [0.25, 0.3) is 5.91 Å². The minimum Gasteiger partial charge on any atom is -0.491 e. The van der Waals surface area contributed by atoms with E-state index in [1.807, 2.05) is 12.1 Å². The van der Waals surface area contributed by atoms with Crippen LogP contribution in [0.15, 0.2) is 36.7 Å². The van der Waals surface area contributed by atoms with Crippen LogP contribution >= 0.6 is 0 Å². The second-order valence-electron chi connectivity index (χ2n) is 6.42. The van der Waals surface area contributed by atoms with Crippen LogP contribution in [0.1, 0.15) is 23.2 Å². The number of likely N-dealkylation sites (tertiary alicyclic amines) is 1. The topological polar surface area (TPSA) is 97.1 Å². The lowest BCUT2D eigenvalue weighted by Crippen LogP contribution is -2.25. The fourth-order valence-corrected chi connectivity index (χ4v) is 3.33. The highest BCUT2D eigenvalue weighted by Gasteiger charge is 2.16. The van der Waals surface area contributed by atoms with Gasteiger partial charge in [-0.25, -0.2) is 4.98 Å². The zero-order valence-corrected chi connectivity index (χ0v) is 14.4. The molecule has 1 aromatic carbocycles. The number of imidazole rings is 1. The molecule has 1 aliphatic rings. The number of H-pyrrole nitrogens is 1. The minimum absolute atomic E-state index is 0.394. The number of nitrogens with zero attached hydrogens (tertiary/aromatic N) is 3. The molecule has 2 aromatic heterocycles. The molecule has 3 N–H and O–H groups in total. The fourth-order valence-electron chi connectivity index (χ4n) is 3.33. The summed E-state index contributed by atoms with van der Waals surface area (Å²) in [5.74, 6) is 0.832. The monoisotopic (exact) mass is 351 g/mol. The van der Waals surface area contributed by atoms with Crippen LogP contribution in [0, 0.1) is 0 Å². The molecule has 0 saturated carbocycles. The van der Waals surface area contributed by atoms with Crippen molar-refractivity contribution >= 4 is 16.9 Å². The molecule has 3 heterocycles. The Morgan fingerprint density at radius 3 is 2.92 bits per heavy atom. The molecule has 0 atom stereocenters. The van der Waals surface area contributed by atoms with E-state index in [1.54, 1.807) is 24.5 Å². The van der Waals surface area contributed by atoms with Crippen LogP contribution in [0.3, 0.4) is 0 Å². The molecule has 7 heteroatoms. The Balaban J connectivity index is 1.60. The predicted octanol–water partition coefficient (Wildman–Crippen LogP) is 2.20. The average Bonchev–Trinajstić information content (AvgIpc) is 3.31. The summed E-state index contributed by atoms with van der Waals surface area (Å²) in [6, 6.07) is 7.15. The van der Waals surface area contributed by atoms with Gasteiger partial charge in [0.1, 0.15) is 23.7 Å². The number of carbonyl (C=O) groups is 1. The van der Waals surface area contributed by atoms with E-state index in [1.165, 1.54) is 12.8 Å². The summed E-state index contributed by atoms with van der Waals surface area (Å²) in [5.41, 5.74) is 7.92. The van der Waals surface area contributed by atoms with Gasteiger partial charge in [0.2, 0.25) is 0 Å². The van der Waals surface area contributed by atoms with Gasteiger partial charge in [0.15, 0.2) is 0 Å². The molecule has 3 aromatic rings. The number of hydrogen-bond acceptors (Lipinski definition) is 5. The first kappa shape index (κ1) is 16.5. The Bertz CT molecular complexity index is 931. The third-order valence-corrected chi connectivity index (χ3v) is 4.68. The molecule has 1 amide bonds. The molecule has 0 spiro atoms. The Morgan fingerprint density at radius 2 is 2.12 bits per heavy atom. The zero-order valence-electron chi connectivity index (χ0n) is 14.4. The third-order valence-electron chi connectivity index (χ3n) is 4.68. The number of fused-ring (bicyclic) bond motifs is 1. The van der Waals surface area contributed by atoms with E-state index >= 15 is 0 Å². The quantitative estimate of drug-likeness (QED) is 0.709. The number of para-hydroxylation sites is 1. The molecule has 7 nitrogen and oxygen atoms in total. The average molecular weight is 351 g/mol. The van der Waals surface area contributed by atoms with Gasteiger partial charge in [0.05, 0.1) is 16.6 Å². The van der Waals surface area contributed by atoms with Gasteiger partial charge >= 0.3 is 0 Å². The molecule has 26 heavy (non-hydrogen) atoms. The number of aromatic nitrogens is 3. The standard InChI is InChI=1S/C19H21N5O2/c20-18(25)13-4-3-5-15-17(13)23-19(22-15)14-12-21-7-6-16(14)26-11-10-24-8-1-2-9-24/h3-7,12H,1-2,8-11H2,(H2,20,25)(H,22,23). The normalized spacial score (nSPS) is 14.8. The lowest BCUT2D eigenvalue weighted by molar-refractivity contribution is 0.100. The Kier molecular flexibility index (Phi) is 4.53. The van der Waals surface area contributed by atoms with E-state index in [0.29, 0.717) is 23.5 Å². The van der Waals surface area contributed by atoms with Gasteiger partial charge < -0.3 is 15.5 Å². The summed E-state index contributed by atoms with van der Waals surface area (Å²) >= 11 is 0. The van der Waals surface area contributed by atoms with Crippen molar-refractivity contribution in [1.29, 1.82) is 0 Å². The number of hydrogen-bond donors (Lipinski definition) is 2. The van der Waals surface area contributed by atoms with E-state index in [2.05, 4.69) is 19.9 Å². The van der Waals surface area contributed by atoms with Crippen molar-refractivity contribution in [3.8, 4) is 17.1 Å². The summed E-state index contributed by atoms with van der Waals surface area (Å²) in [5, 5.41) is 0. The first-order valence-corrected chi connectivity index (χ1v) is 8.80. The largest absolute Gasteiger partial charge is 0.491 e. The van der Waals surface area contributed by atoms with Crippen LogP contribution in [0.5, 0.6) is 5.75 Å². The van der Waals surface area contributed by atoms with Crippen LogP contribution < -0.4 is 10.5 Å². The summed E-state index contributed by atoms with van der Waals surface area (Å²) < 4.78 is 5.99. The summed E-state index contributed by atoms with van der Waals surface area (Å²) in [7, 11) is 0. The zero-order chi connectivity index (χ0) is 17.9. The van der Waals surface area contributed by atoms with Crippen LogP contribution in [-0.4, -0.2) is 52.0 Å². The molecule has 0 unspecified atom stereocenters. The highest BCUT2D eigenvalue weighted by atomic mass is 16.5. The maximum absolute atomic E-state index is 11.6. The van der Waals surface area contributed by atoms with Crippen molar-refractivity contribution in [2.75, 3.05) is 26.2 Å². The number of aromatic amines is 1. The minimum atomic E-state index is -0.498.